The number of sulfonamides is 1. The summed E-state index contributed by atoms with van der Waals surface area (Å²) in [6.07, 6.45) is 1.49. The molecule has 4 aliphatic rings. The van der Waals surface area contributed by atoms with E-state index in [9.17, 15) is 23.3 Å². The summed E-state index contributed by atoms with van der Waals surface area (Å²) in [5.41, 5.74) is -1.67. The molecular weight excluding hydrogens is 662 g/mol. The Balaban J connectivity index is 1.21. The smallest absolute Gasteiger partial charge is 0.318 e. The molecule has 5 heterocycles. The van der Waals surface area contributed by atoms with E-state index in [0.29, 0.717) is 23.1 Å². The van der Waals surface area contributed by atoms with Crippen LogP contribution >= 0.6 is 0 Å². The van der Waals surface area contributed by atoms with E-state index in [0.717, 1.165) is 52.5 Å². The van der Waals surface area contributed by atoms with Crippen molar-refractivity contribution in [2.45, 2.75) is 17.4 Å². The molecule has 3 saturated heterocycles. The first kappa shape index (κ1) is 33.7. The van der Waals surface area contributed by atoms with Gasteiger partial charge in [-0.25, -0.2) is 18.2 Å². The molecule has 3 aromatic rings. The van der Waals surface area contributed by atoms with Crippen LogP contribution in [0.25, 0.3) is 0 Å². The Bertz CT molecular complexity index is 1930. The molecule has 3 amide bonds. The number of amides is 3. The molecule has 262 valence electrons. The average molecular weight is 702 g/mol. The molecule has 0 radical (unpaired) electrons. The number of carbonyl (C=O) groups excluding carboxylic acids is 2. The summed E-state index contributed by atoms with van der Waals surface area (Å²) < 4.78 is 45.8. The minimum absolute atomic E-state index is 0.00593. The van der Waals surface area contributed by atoms with E-state index in [-0.39, 0.29) is 45.2 Å². The summed E-state index contributed by atoms with van der Waals surface area (Å²) >= 11 is 0. The molecule has 0 bridgehead atoms. The van der Waals surface area contributed by atoms with E-state index in [1.807, 2.05) is 0 Å². The lowest BCUT2D eigenvalue weighted by Gasteiger charge is -2.60. The number of ether oxygens (including phenoxy) is 3. The molecule has 1 spiro atoms. The molecule has 1 atom stereocenters. The average Bonchev–Trinajstić information content (AvgIpc) is 3.35. The number of carbonyl (C=O) groups is 2. The number of nitriles is 1. The maximum absolute atomic E-state index is 15.0. The van der Waals surface area contributed by atoms with Crippen LogP contribution in [0.3, 0.4) is 0 Å². The van der Waals surface area contributed by atoms with Crippen LogP contribution in [0, 0.1) is 16.7 Å². The van der Waals surface area contributed by atoms with Gasteiger partial charge in [-0.2, -0.15) is 9.57 Å². The Morgan fingerprint density at radius 3 is 2.42 bits per heavy atom. The van der Waals surface area contributed by atoms with Crippen LogP contribution in [0.15, 0.2) is 65.7 Å². The lowest BCUT2D eigenvalue weighted by molar-refractivity contribution is -0.122. The molecule has 0 aliphatic carbocycles. The monoisotopic (exact) mass is 701 g/mol. The van der Waals surface area contributed by atoms with Crippen LogP contribution in [-0.4, -0.2) is 119 Å². The lowest BCUT2D eigenvalue weighted by Crippen LogP contribution is -2.74. The fraction of sp³-hybridized carbons (Fsp3) is 0.429. The molecule has 3 fully saturated rings. The van der Waals surface area contributed by atoms with Crippen molar-refractivity contribution in [3.05, 3.63) is 77.5 Å². The number of anilines is 1. The SMILES string of the molecule is CCOc1ncccc1C1(NC(=O)N2CC3(CN(CCN4CCOCC4)C3)C2)C(=O)N(S(=O)(=O)c2ccc(OC)cc2)c2ccc(C#N)cc21. The van der Waals surface area contributed by atoms with E-state index in [2.05, 4.69) is 26.2 Å². The number of methoxy groups -OCH3 is 1. The van der Waals surface area contributed by atoms with Crippen molar-refractivity contribution in [1.29, 1.82) is 5.26 Å². The molecular formula is C35H39N7O7S. The van der Waals surface area contributed by atoms with Gasteiger partial charge in [0.2, 0.25) is 5.88 Å². The van der Waals surface area contributed by atoms with E-state index >= 15 is 0 Å². The summed E-state index contributed by atoms with van der Waals surface area (Å²) in [7, 11) is -3.06. The third-order valence-corrected chi connectivity index (χ3v) is 11.6. The second-order valence-electron chi connectivity index (χ2n) is 13.1. The third kappa shape index (κ3) is 5.71. The minimum Gasteiger partial charge on any atom is -0.497 e. The first-order valence-electron chi connectivity index (χ1n) is 16.6. The van der Waals surface area contributed by atoms with Gasteiger partial charge in [-0.1, -0.05) is 0 Å². The standard InChI is InChI=1S/C35H39N7O7S/c1-3-49-31-28(5-4-12-37-31)35(38-33(44)41-23-34(24-41)21-40(22-34)14-13-39-15-17-48-18-16-39)29-19-25(20-36)6-11-30(29)42(32(35)43)50(45,46)27-9-7-26(47-2)8-10-27/h4-12,19H,3,13-18,21-24H2,1-2H3,(H,38,44). The first-order chi connectivity index (χ1) is 24.1. The third-order valence-electron chi connectivity index (χ3n) is 9.90. The van der Waals surface area contributed by atoms with Crippen molar-refractivity contribution < 1.29 is 32.2 Å². The molecule has 1 N–H and O–H groups in total. The van der Waals surface area contributed by atoms with Crippen molar-refractivity contribution >= 4 is 27.6 Å². The minimum atomic E-state index is -4.53. The number of fused-ring (bicyclic) bond motifs is 1. The zero-order valence-corrected chi connectivity index (χ0v) is 28.8. The highest BCUT2D eigenvalue weighted by atomic mass is 32.2. The Morgan fingerprint density at radius 2 is 1.74 bits per heavy atom. The Hall–Kier alpha value is -4.75. The largest absolute Gasteiger partial charge is 0.497 e. The number of benzene rings is 2. The van der Waals surface area contributed by atoms with Gasteiger partial charge in [0.05, 0.1) is 54.7 Å². The van der Waals surface area contributed by atoms with E-state index in [1.165, 1.54) is 55.8 Å². The number of nitrogens with zero attached hydrogens (tertiary/aromatic N) is 6. The second kappa shape index (κ2) is 13.2. The summed E-state index contributed by atoms with van der Waals surface area (Å²) in [5.74, 6) is -0.461. The second-order valence-corrected chi connectivity index (χ2v) is 14.9. The highest BCUT2D eigenvalue weighted by molar-refractivity contribution is 7.93. The first-order valence-corrected chi connectivity index (χ1v) is 18.0. The van der Waals surface area contributed by atoms with Crippen LogP contribution < -0.4 is 19.1 Å². The van der Waals surface area contributed by atoms with Crippen molar-refractivity contribution in [1.82, 2.24) is 25.0 Å². The van der Waals surface area contributed by atoms with Crippen LogP contribution in [0.5, 0.6) is 11.6 Å². The van der Waals surface area contributed by atoms with Gasteiger partial charge >= 0.3 is 6.03 Å². The number of pyridine rings is 1. The topological polar surface area (TPSA) is 158 Å². The number of hydrogen-bond donors (Lipinski definition) is 1. The number of aromatic nitrogens is 1. The van der Waals surface area contributed by atoms with Gasteiger partial charge in [0, 0.05) is 69.5 Å². The van der Waals surface area contributed by atoms with Gasteiger partial charge in [0.15, 0.2) is 5.54 Å². The highest BCUT2D eigenvalue weighted by Crippen LogP contribution is 2.50. The van der Waals surface area contributed by atoms with Gasteiger partial charge in [-0.15, -0.1) is 0 Å². The summed E-state index contributed by atoms with van der Waals surface area (Å²) in [6, 6.07) is 14.7. The number of likely N-dealkylation sites (tertiary alicyclic amines) is 2. The van der Waals surface area contributed by atoms with Crippen LogP contribution in [-0.2, 0) is 25.1 Å². The predicted molar refractivity (Wildman–Crippen MR) is 181 cm³/mol. The zero-order chi connectivity index (χ0) is 35.1. The Kier molecular flexibility index (Phi) is 8.89. The Labute approximate surface area is 291 Å². The molecule has 1 aromatic heterocycles. The number of urea groups is 1. The maximum atomic E-state index is 15.0. The van der Waals surface area contributed by atoms with Crippen LogP contribution in [0.4, 0.5) is 10.5 Å². The fourth-order valence-corrected chi connectivity index (χ4v) is 8.91. The van der Waals surface area contributed by atoms with Gasteiger partial charge in [-0.3, -0.25) is 9.69 Å². The van der Waals surface area contributed by atoms with Crippen LogP contribution in [0.2, 0.25) is 0 Å². The molecule has 7 rings (SSSR count). The maximum Gasteiger partial charge on any atom is 0.318 e. The van der Waals surface area contributed by atoms with Crippen LogP contribution in [0.1, 0.15) is 23.6 Å². The molecule has 50 heavy (non-hydrogen) atoms. The number of nitrogens with one attached hydrogen (secondary N) is 1. The molecule has 1 unspecified atom stereocenters. The summed E-state index contributed by atoms with van der Waals surface area (Å²) in [6.45, 7) is 9.97. The van der Waals surface area contributed by atoms with Gasteiger partial charge in [0.25, 0.3) is 15.9 Å². The number of hydrogen-bond acceptors (Lipinski definition) is 11. The molecule has 2 aromatic carbocycles. The lowest BCUT2D eigenvalue weighted by atomic mass is 9.73. The Morgan fingerprint density at radius 1 is 1.02 bits per heavy atom. The van der Waals surface area contributed by atoms with E-state index < -0.39 is 27.5 Å². The predicted octanol–water partition coefficient (Wildman–Crippen LogP) is 2.00. The molecule has 14 nitrogen and oxygen atoms in total. The number of rotatable bonds is 10. The quantitative estimate of drug-likeness (QED) is 0.330. The summed E-state index contributed by atoms with van der Waals surface area (Å²) in [5, 5.41) is 12.8. The van der Waals surface area contributed by atoms with Crippen molar-refractivity contribution in [3.8, 4) is 17.7 Å². The van der Waals surface area contributed by atoms with Crippen molar-refractivity contribution in [3.63, 3.8) is 0 Å². The fourth-order valence-electron chi connectivity index (χ4n) is 7.44. The zero-order valence-electron chi connectivity index (χ0n) is 28.0. The van der Waals surface area contributed by atoms with Gasteiger partial charge < -0.3 is 29.3 Å². The van der Waals surface area contributed by atoms with Gasteiger partial charge in [0.1, 0.15) is 5.75 Å². The highest BCUT2D eigenvalue weighted by Gasteiger charge is 2.60. The molecule has 0 saturated carbocycles. The van der Waals surface area contributed by atoms with Crippen molar-refractivity contribution in [2.24, 2.45) is 5.41 Å². The summed E-state index contributed by atoms with van der Waals surface area (Å²) in [4.78, 5) is 39.8. The van der Waals surface area contributed by atoms with E-state index in [1.54, 1.807) is 24.0 Å². The molecule has 4 aliphatic heterocycles. The van der Waals surface area contributed by atoms with Crippen molar-refractivity contribution in [2.75, 3.05) is 83.6 Å². The normalized spacial score (nSPS) is 21.6. The number of morpholine rings is 1. The van der Waals surface area contributed by atoms with E-state index in [4.69, 9.17) is 14.2 Å². The molecule has 15 heteroatoms. The van der Waals surface area contributed by atoms with Gasteiger partial charge in [-0.05, 0) is 61.5 Å².